The second-order valence-electron chi connectivity index (χ2n) is 9.61. The van der Waals surface area contributed by atoms with Crippen LogP contribution in [0.4, 0.5) is 4.79 Å². The van der Waals surface area contributed by atoms with E-state index in [1.54, 1.807) is 3.58 Å². The van der Waals surface area contributed by atoms with Gasteiger partial charge in [0.1, 0.15) is 0 Å². The Morgan fingerprint density at radius 3 is 1.93 bits per heavy atom. The van der Waals surface area contributed by atoms with Gasteiger partial charge in [-0.1, -0.05) is 0 Å². The van der Waals surface area contributed by atoms with Crippen LogP contribution in [0, 0.1) is 6.92 Å². The molecule has 0 saturated carbocycles. The second kappa shape index (κ2) is 12.9. The van der Waals surface area contributed by atoms with Crippen LogP contribution in [0.15, 0.2) is 18.2 Å². The minimum atomic E-state index is -2.56. The zero-order valence-electron chi connectivity index (χ0n) is 20.1. The van der Waals surface area contributed by atoms with Crippen LogP contribution in [-0.4, -0.2) is 30.1 Å². The molecule has 0 aliphatic heterocycles. The quantitative estimate of drug-likeness (QED) is 0.306. The van der Waals surface area contributed by atoms with Gasteiger partial charge in [-0.3, -0.25) is 0 Å². The van der Waals surface area contributed by atoms with Crippen molar-refractivity contribution in [3.63, 3.8) is 0 Å². The molecule has 0 saturated heterocycles. The number of unbranched alkanes of at least 4 members (excludes halogenated alkanes) is 3. The van der Waals surface area contributed by atoms with Crippen molar-refractivity contribution in [2.45, 2.75) is 112 Å². The summed E-state index contributed by atoms with van der Waals surface area (Å²) < 4.78 is 11.4. The van der Waals surface area contributed by atoms with Crippen LogP contribution >= 0.6 is 0 Å². The van der Waals surface area contributed by atoms with E-state index in [1.165, 1.54) is 63.0 Å². The molecule has 0 aliphatic rings. The van der Waals surface area contributed by atoms with E-state index in [-0.39, 0.29) is 6.09 Å². The molecule has 1 amide bonds. The zero-order valence-corrected chi connectivity index (χ0v) is 23.0. The van der Waals surface area contributed by atoms with Gasteiger partial charge >= 0.3 is 185 Å². The second-order valence-corrected chi connectivity index (χ2v) is 22.7. The summed E-state index contributed by atoms with van der Waals surface area (Å²) in [5.74, 6) is 0. The molecule has 0 spiro atoms. The third-order valence-corrected chi connectivity index (χ3v) is 21.5. The number of benzene rings is 1. The van der Waals surface area contributed by atoms with E-state index in [0.717, 1.165) is 0 Å². The van der Waals surface area contributed by atoms with Gasteiger partial charge in [-0.2, -0.15) is 0 Å². The molecular formula is C25H45NO2Sn. The molecule has 1 aromatic carbocycles. The SMILES string of the molecule is CCC[CH2][Sn]([CH2]CCC)([CH2]CCC)[c]1cc(C)ccc1CNC(=O)OC(C)(C)C. The predicted molar refractivity (Wildman–Crippen MR) is 129 cm³/mol. The summed E-state index contributed by atoms with van der Waals surface area (Å²) in [5.41, 5.74) is 2.22. The molecule has 0 aliphatic carbocycles. The number of alkyl carbamates (subject to hydrolysis) is 1. The molecular weight excluding hydrogens is 465 g/mol. The molecule has 166 valence electrons. The number of aryl methyl sites for hydroxylation is 1. The maximum absolute atomic E-state index is 12.3. The van der Waals surface area contributed by atoms with Gasteiger partial charge in [-0.15, -0.1) is 0 Å². The number of carbonyl (C=O) groups is 1. The fourth-order valence-corrected chi connectivity index (χ4v) is 21.4. The Morgan fingerprint density at radius 1 is 0.966 bits per heavy atom. The molecule has 0 atom stereocenters. The van der Waals surface area contributed by atoms with Crippen molar-refractivity contribution in [1.82, 2.24) is 5.32 Å². The van der Waals surface area contributed by atoms with Crippen molar-refractivity contribution < 1.29 is 9.53 Å². The Morgan fingerprint density at radius 2 is 1.48 bits per heavy atom. The normalized spacial score (nSPS) is 12.1. The topological polar surface area (TPSA) is 38.3 Å². The van der Waals surface area contributed by atoms with Crippen LogP contribution in [-0.2, 0) is 11.3 Å². The molecule has 0 fully saturated rings. The van der Waals surface area contributed by atoms with Gasteiger partial charge in [0.05, 0.1) is 0 Å². The van der Waals surface area contributed by atoms with E-state index < -0.39 is 24.0 Å². The van der Waals surface area contributed by atoms with Crippen molar-refractivity contribution in [3.8, 4) is 0 Å². The molecule has 0 bridgehead atoms. The Bertz CT molecular complexity index is 600. The Hall–Kier alpha value is -0.711. The predicted octanol–water partition coefficient (Wildman–Crippen LogP) is 7.08. The maximum atomic E-state index is 12.3. The molecule has 0 heterocycles. The summed E-state index contributed by atoms with van der Waals surface area (Å²) in [6.45, 7) is 15.5. The first-order valence-electron chi connectivity index (χ1n) is 11.7. The van der Waals surface area contributed by atoms with Gasteiger partial charge in [0, 0.05) is 0 Å². The zero-order chi connectivity index (χ0) is 21.9. The first kappa shape index (κ1) is 26.3. The average molecular weight is 510 g/mol. The van der Waals surface area contributed by atoms with Crippen molar-refractivity contribution in [1.29, 1.82) is 0 Å². The average Bonchev–Trinajstić information content (AvgIpc) is 2.65. The first-order valence-corrected chi connectivity index (χ1v) is 19.2. The summed E-state index contributed by atoms with van der Waals surface area (Å²) in [7, 11) is 0. The van der Waals surface area contributed by atoms with E-state index in [2.05, 4.69) is 51.2 Å². The molecule has 1 rings (SSSR count). The monoisotopic (exact) mass is 511 g/mol. The van der Waals surface area contributed by atoms with Crippen LogP contribution in [0.2, 0.25) is 13.3 Å². The molecule has 1 N–H and O–H groups in total. The molecule has 4 heteroatoms. The van der Waals surface area contributed by atoms with E-state index in [4.69, 9.17) is 4.74 Å². The number of rotatable bonds is 12. The minimum absolute atomic E-state index is 0.319. The van der Waals surface area contributed by atoms with Crippen LogP contribution in [0.5, 0.6) is 0 Å². The van der Waals surface area contributed by atoms with Crippen LogP contribution in [0.25, 0.3) is 0 Å². The molecule has 0 aromatic heterocycles. The van der Waals surface area contributed by atoms with Gasteiger partial charge in [0.15, 0.2) is 0 Å². The van der Waals surface area contributed by atoms with E-state index in [9.17, 15) is 4.79 Å². The summed E-state index contributed by atoms with van der Waals surface area (Å²) in [5, 5.41) is 3.03. The number of hydrogen-bond donors (Lipinski definition) is 1. The van der Waals surface area contributed by atoms with Gasteiger partial charge in [0.2, 0.25) is 0 Å². The molecule has 29 heavy (non-hydrogen) atoms. The van der Waals surface area contributed by atoms with E-state index in [0.29, 0.717) is 6.54 Å². The summed E-state index contributed by atoms with van der Waals surface area (Å²) in [4.78, 5) is 12.3. The van der Waals surface area contributed by atoms with Gasteiger partial charge < -0.3 is 0 Å². The third kappa shape index (κ3) is 9.31. The Kier molecular flexibility index (Phi) is 11.7. The summed E-state index contributed by atoms with van der Waals surface area (Å²) in [6, 6.07) is 6.94. The van der Waals surface area contributed by atoms with Gasteiger partial charge in [-0.05, 0) is 0 Å². The first-order chi connectivity index (χ1) is 13.7. The van der Waals surface area contributed by atoms with Crippen LogP contribution < -0.4 is 8.90 Å². The van der Waals surface area contributed by atoms with Crippen molar-refractivity contribution in [2.75, 3.05) is 0 Å². The number of ether oxygens (including phenoxy) is 1. The van der Waals surface area contributed by atoms with E-state index >= 15 is 0 Å². The fraction of sp³-hybridized carbons (Fsp3) is 0.720. The standard InChI is InChI=1S/C13H18NO2.3C4H9.Sn/c1-10-5-7-11(8-6-10)9-14-12(15)16-13(2,3)4;3*1-3-4-2;/h5-7H,9H2,1-4H3,(H,14,15);3*1,3-4H2,2H3;. The third-order valence-electron chi connectivity index (χ3n) is 5.69. The summed E-state index contributed by atoms with van der Waals surface area (Å²) in [6.07, 6.45) is 7.53. The van der Waals surface area contributed by atoms with Gasteiger partial charge in [0.25, 0.3) is 0 Å². The molecule has 0 unspecified atom stereocenters. The van der Waals surface area contributed by atoms with Crippen molar-refractivity contribution in [3.05, 3.63) is 29.3 Å². The molecule has 0 radical (unpaired) electrons. The molecule has 1 aromatic rings. The fourth-order valence-electron chi connectivity index (χ4n) is 4.14. The van der Waals surface area contributed by atoms with Crippen molar-refractivity contribution >= 4 is 28.0 Å². The number of amides is 1. The summed E-state index contributed by atoms with van der Waals surface area (Å²) >= 11 is -2.56. The number of hydrogen-bond acceptors (Lipinski definition) is 2. The van der Waals surface area contributed by atoms with Crippen molar-refractivity contribution in [2.24, 2.45) is 0 Å². The van der Waals surface area contributed by atoms with Gasteiger partial charge in [-0.25, -0.2) is 0 Å². The Labute approximate surface area is 184 Å². The van der Waals surface area contributed by atoms with Crippen LogP contribution in [0.3, 0.4) is 0 Å². The number of nitrogens with one attached hydrogen (secondary N) is 1. The van der Waals surface area contributed by atoms with Crippen LogP contribution in [0.1, 0.15) is 91.2 Å². The van der Waals surface area contributed by atoms with E-state index in [1.807, 2.05) is 20.8 Å². The number of carbonyl (C=O) groups excluding carboxylic acids is 1. The molecule has 3 nitrogen and oxygen atoms in total. The Balaban J connectivity index is 3.23.